The van der Waals surface area contributed by atoms with Gasteiger partial charge in [-0.2, -0.15) is 0 Å². The van der Waals surface area contributed by atoms with E-state index < -0.39 is 0 Å². The Morgan fingerprint density at radius 1 is 1.37 bits per heavy atom. The van der Waals surface area contributed by atoms with Crippen molar-refractivity contribution >= 4 is 17.5 Å². The van der Waals surface area contributed by atoms with E-state index >= 15 is 0 Å². The molecule has 0 aliphatic heterocycles. The van der Waals surface area contributed by atoms with E-state index in [0.717, 1.165) is 5.76 Å². The Morgan fingerprint density at radius 2 is 2.16 bits per heavy atom. The second kappa shape index (κ2) is 5.95. The monoisotopic (exact) mass is 282 g/mol. The molecule has 1 N–H and O–H groups in total. The SMILES string of the molecule is CN(C)C(CNC(=O)c1ccoc1Cl)c1ccco1. The Balaban J connectivity index is 2.00. The van der Waals surface area contributed by atoms with Crippen molar-refractivity contribution in [3.8, 4) is 0 Å². The van der Waals surface area contributed by atoms with Gasteiger partial charge in [0.25, 0.3) is 5.91 Å². The summed E-state index contributed by atoms with van der Waals surface area (Å²) < 4.78 is 10.3. The Bertz CT molecular complexity index is 534. The maximum absolute atomic E-state index is 11.9. The molecule has 0 spiro atoms. The molecule has 6 heteroatoms. The van der Waals surface area contributed by atoms with Crippen LogP contribution in [0.4, 0.5) is 0 Å². The van der Waals surface area contributed by atoms with E-state index in [-0.39, 0.29) is 17.2 Å². The van der Waals surface area contributed by atoms with Gasteiger partial charge >= 0.3 is 0 Å². The number of halogens is 1. The molecule has 2 aromatic heterocycles. The average Bonchev–Trinajstić information content (AvgIpc) is 3.00. The number of amides is 1. The van der Waals surface area contributed by atoms with Gasteiger partial charge in [-0.05, 0) is 43.9 Å². The van der Waals surface area contributed by atoms with Crippen LogP contribution in [0, 0.1) is 0 Å². The van der Waals surface area contributed by atoms with Crippen LogP contribution in [-0.4, -0.2) is 31.4 Å². The number of furan rings is 2. The largest absolute Gasteiger partial charge is 0.468 e. The Labute approximate surface area is 116 Å². The lowest BCUT2D eigenvalue weighted by atomic mass is 10.2. The number of nitrogens with zero attached hydrogens (tertiary/aromatic N) is 1. The molecule has 102 valence electrons. The Kier molecular flexibility index (Phi) is 4.29. The van der Waals surface area contributed by atoms with E-state index in [1.165, 1.54) is 12.3 Å². The van der Waals surface area contributed by atoms with Crippen molar-refractivity contribution in [3.05, 3.63) is 47.3 Å². The van der Waals surface area contributed by atoms with Gasteiger partial charge < -0.3 is 14.2 Å². The fraction of sp³-hybridized carbons (Fsp3) is 0.308. The van der Waals surface area contributed by atoms with Crippen LogP contribution >= 0.6 is 11.6 Å². The van der Waals surface area contributed by atoms with Gasteiger partial charge in [0.15, 0.2) is 0 Å². The van der Waals surface area contributed by atoms with Crippen molar-refractivity contribution in [1.29, 1.82) is 0 Å². The van der Waals surface area contributed by atoms with Crippen molar-refractivity contribution in [2.75, 3.05) is 20.6 Å². The van der Waals surface area contributed by atoms with Crippen LogP contribution in [-0.2, 0) is 0 Å². The Hall–Kier alpha value is -1.72. The molecule has 1 atom stereocenters. The van der Waals surface area contributed by atoms with Gasteiger partial charge in [-0.25, -0.2) is 0 Å². The summed E-state index contributed by atoms with van der Waals surface area (Å²) in [6.07, 6.45) is 2.99. The zero-order valence-corrected chi connectivity index (χ0v) is 11.5. The molecule has 5 nitrogen and oxygen atoms in total. The van der Waals surface area contributed by atoms with Crippen molar-refractivity contribution in [1.82, 2.24) is 10.2 Å². The number of likely N-dealkylation sites (N-methyl/N-ethyl adjacent to an activating group) is 1. The number of carbonyl (C=O) groups excluding carboxylic acids is 1. The molecule has 1 amide bonds. The van der Waals surface area contributed by atoms with E-state index in [9.17, 15) is 4.79 Å². The molecule has 0 aliphatic rings. The van der Waals surface area contributed by atoms with Crippen molar-refractivity contribution in [3.63, 3.8) is 0 Å². The minimum absolute atomic E-state index is 0.0374. The third kappa shape index (κ3) is 3.19. The molecule has 19 heavy (non-hydrogen) atoms. The lowest BCUT2D eigenvalue weighted by molar-refractivity contribution is 0.0938. The highest BCUT2D eigenvalue weighted by molar-refractivity contribution is 6.32. The standard InChI is InChI=1S/C13H15ClN2O3/c1-16(2)10(11-4-3-6-18-11)8-15-13(17)9-5-7-19-12(9)14/h3-7,10H,8H2,1-2H3,(H,15,17). The Morgan fingerprint density at radius 3 is 2.68 bits per heavy atom. The van der Waals surface area contributed by atoms with E-state index in [2.05, 4.69) is 5.32 Å². The molecular formula is C13H15ClN2O3. The van der Waals surface area contributed by atoms with E-state index in [1.807, 2.05) is 31.1 Å². The summed E-state index contributed by atoms with van der Waals surface area (Å²) in [6, 6.07) is 5.20. The fourth-order valence-electron chi connectivity index (χ4n) is 1.76. The van der Waals surface area contributed by atoms with Crippen LogP contribution < -0.4 is 5.32 Å². The minimum Gasteiger partial charge on any atom is -0.468 e. The number of rotatable bonds is 5. The number of nitrogens with one attached hydrogen (secondary N) is 1. The summed E-state index contributed by atoms with van der Waals surface area (Å²) in [5, 5.41) is 2.90. The molecule has 1 unspecified atom stereocenters. The average molecular weight is 283 g/mol. The van der Waals surface area contributed by atoms with Gasteiger partial charge in [0.2, 0.25) is 5.22 Å². The zero-order valence-electron chi connectivity index (χ0n) is 10.7. The smallest absolute Gasteiger partial charge is 0.256 e. The molecule has 2 aromatic rings. The second-order valence-corrected chi connectivity index (χ2v) is 4.66. The van der Waals surface area contributed by atoms with E-state index in [0.29, 0.717) is 12.1 Å². The summed E-state index contributed by atoms with van der Waals surface area (Å²) >= 11 is 5.76. The van der Waals surface area contributed by atoms with E-state index in [4.69, 9.17) is 20.4 Å². The maximum Gasteiger partial charge on any atom is 0.256 e. The normalized spacial score (nSPS) is 12.6. The molecule has 2 rings (SSSR count). The first kappa shape index (κ1) is 13.7. The lowest BCUT2D eigenvalue weighted by Gasteiger charge is -2.22. The van der Waals surface area contributed by atoms with Crippen LogP contribution in [0.5, 0.6) is 0 Å². The summed E-state index contributed by atoms with van der Waals surface area (Å²) in [5.74, 6) is 0.528. The highest BCUT2D eigenvalue weighted by atomic mass is 35.5. The lowest BCUT2D eigenvalue weighted by Crippen LogP contribution is -2.34. The van der Waals surface area contributed by atoms with Crippen molar-refractivity contribution in [2.45, 2.75) is 6.04 Å². The van der Waals surface area contributed by atoms with Gasteiger partial charge in [0.1, 0.15) is 5.76 Å². The molecule has 0 aliphatic carbocycles. The predicted octanol–water partition coefficient (Wildman–Crippen LogP) is 2.56. The van der Waals surface area contributed by atoms with Crippen LogP contribution in [0.3, 0.4) is 0 Å². The highest BCUT2D eigenvalue weighted by Gasteiger charge is 2.19. The maximum atomic E-state index is 11.9. The minimum atomic E-state index is -0.267. The van der Waals surface area contributed by atoms with Gasteiger partial charge in [0, 0.05) is 6.54 Å². The van der Waals surface area contributed by atoms with Crippen molar-refractivity contribution < 1.29 is 13.6 Å². The predicted molar refractivity (Wildman–Crippen MR) is 71.2 cm³/mol. The molecular weight excluding hydrogens is 268 g/mol. The molecule has 0 fully saturated rings. The first-order valence-corrected chi connectivity index (χ1v) is 6.18. The molecule has 0 radical (unpaired) electrons. The first-order chi connectivity index (χ1) is 9.09. The summed E-state index contributed by atoms with van der Waals surface area (Å²) in [7, 11) is 3.84. The van der Waals surface area contributed by atoms with Crippen LogP contribution in [0.1, 0.15) is 22.2 Å². The fourth-order valence-corrected chi connectivity index (χ4v) is 1.96. The van der Waals surface area contributed by atoms with Crippen LogP contribution in [0.15, 0.2) is 39.6 Å². The van der Waals surface area contributed by atoms with Crippen LogP contribution in [0.25, 0.3) is 0 Å². The van der Waals surface area contributed by atoms with E-state index in [1.54, 1.807) is 6.26 Å². The van der Waals surface area contributed by atoms with Gasteiger partial charge in [-0.3, -0.25) is 9.69 Å². The number of hydrogen-bond acceptors (Lipinski definition) is 4. The zero-order chi connectivity index (χ0) is 13.8. The van der Waals surface area contributed by atoms with Gasteiger partial charge in [-0.15, -0.1) is 0 Å². The van der Waals surface area contributed by atoms with Gasteiger partial charge in [-0.1, -0.05) is 0 Å². The summed E-state index contributed by atoms with van der Waals surface area (Å²) in [5.41, 5.74) is 0.332. The van der Waals surface area contributed by atoms with Crippen LogP contribution in [0.2, 0.25) is 5.22 Å². The quantitative estimate of drug-likeness (QED) is 0.916. The topological polar surface area (TPSA) is 58.6 Å². The first-order valence-electron chi connectivity index (χ1n) is 5.80. The third-order valence-electron chi connectivity index (χ3n) is 2.81. The summed E-state index contributed by atoms with van der Waals surface area (Å²) in [4.78, 5) is 13.9. The number of hydrogen-bond donors (Lipinski definition) is 1. The van der Waals surface area contributed by atoms with Gasteiger partial charge in [0.05, 0.1) is 24.1 Å². The third-order valence-corrected chi connectivity index (χ3v) is 3.11. The molecule has 0 saturated heterocycles. The van der Waals surface area contributed by atoms with Crippen molar-refractivity contribution in [2.24, 2.45) is 0 Å². The molecule has 0 bridgehead atoms. The molecule has 0 aromatic carbocycles. The molecule has 0 saturated carbocycles. The summed E-state index contributed by atoms with van der Waals surface area (Å²) in [6.45, 7) is 0.418. The second-order valence-electron chi connectivity index (χ2n) is 4.31. The highest BCUT2D eigenvalue weighted by Crippen LogP contribution is 2.19. The molecule has 2 heterocycles. The number of carbonyl (C=O) groups is 1.